The molecule has 1 aliphatic rings. The lowest BCUT2D eigenvalue weighted by Crippen LogP contribution is -2.42. The van der Waals surface area contributed by atoms with Gasteiger partial charge in [0.1, 0.15) is 0 Å². The van der Waals surface area contributed by atoms with Gasteiger partial charge in [0, 0.05) is 11.9 Å². The van der Waals surface area contributed by atoms with Crippen LogP contribution in [0, 0.1) is 5.92 Å². The van der Waals surface area contributed by atoms with E-state index in [-0.39, 0.29) is 18.7 Å². The van der Waals surface area contributed by atoms with Crippen molar-refractivity contribution >= 4 is 22.5 Å². The SMILES string of the molecule is CC1CCN(C(=O)Nc2cccc3ccccc23)C1CO. The summed E-state index contributed by atoms with van der Waals surface area (Å²) in [7, 11) is 0. The van der Waals surface area contributed by atoms with E-state index in [1.54, 1.807) is 4.90 Å². The summed E-state index contributed by atoms with van der Waals surface area (Å²) in [6.07, 6.45) is 0.939. The summed E-state index contributed by atoms with van der Waals surface area (Å²) in [5, 5.41) is 14.6. The molecule has 110 valence electrons. The van der Waals surface area contributed by atoms with Gasteiger partial charge in [-0.25, -0.2) is 4.79 Å². The number of aliphatic hydroxyl groups excluding tert-OH is 1. The first-order valence-electron chi connectivity index (χ1n) is 7.37. The number of aliphatic hydroxyl groups is 1. The molecule has 2 atom stereocenters. The molecule has 2 N–H and O–H groups in total. The first-order chi connectivity index (χ1) is 10.2. The minimum absolute atomic E-state index is 0.0180. The van der Waals surface area contributed by atoms with Gasteiger partial charge in [0.25, 0.3) is 0 Å². The van der Waals surface area contributed by atoms with Crippen molar-refractivity contribution < 1.29 is 9.90 Å². The molecule has 2 amide bonds. The number of rotatable bonds is 2. The number of carbonyl (C=O) groups is 1. The molecule has 4 nitrogen and oxygen atoms in total. The topological polar surface area (TPSA) is 52.6 Å². The zero-order chi connectivity index (χ0) is 14.8. The second-order valence-electron chi connectivity index (χ2n) is 5.67. The van der Waals surface area contributed by atoms with E-state index in [0.717, 1.165) is 22.9 Å². The highest BCUT2D eigenvalue weighted by molar-refractivity contribution is 6.01. The lowest BCUT2D eigenvalue weighted by Gasteiger charge is -2.25. The summed E-state index contributed by atoms with van der Waals surface area (Å²) in [5.41, 5.74) is 0.814. The molecule has 3 rings (SSSR count). The minimum Gasteiger partial charge on any atom is -0.394 e. The second kappa shape index (κ2) is 5.74. The normalized spacial score (nSPS) is 21.7. The van der Waals surface area contributed by atoms with Gasteiger partial charge < -0.3 is 15.3 Å². The Morgan fingerprint density at radius 3 is 2.86 bits per heavy atom. The van der Waals surface area contributed by atoms with Crippen molar-refractivity contribution in [3.8, 4) is 0 Å². The molecule has 1 heterocycles. The molecular formula is C17H20N2O2. The highest BCUT2D eigenvalue weighted by atomic mass is 16.3. The number of hydrogen-bond donors (Lipinski definition) is 2. The van der Waals surface area contributed by atoms with Gasteiger partial charge >= 0.3 is 6.03 Å². The van der Waals surface area contributed by atoms with E-state index < -0.39 is 0 Å². The number of fused-ring (bicyclic) bond motifs is 1. The van der Waals surface area contributed by atoms with Gasteiger partial charge in [-0.05, 0) is 23.8 Å². The van der Waals surface area contributed by atoms with Gasteiger partial charge in [0.2, 0.25) is 0 Å². The van der Waals surface area contributed by atoms with Crippen molar-refractivity contribution in [1.29, 1.82) is 0 Å². The van der Waals surface area contributed by atoms with Crippen LogP contribution in [0.5, 0.6) is 0 Å². The molecule has 1 saturated heterocycles. The smallest absolute Gasteiger partial charge is 0.322 e. The molecule has 0 radical (unpaired) electrons. The molecule has 0 spiro atoms. The number of likely N-dealkylation sites (tertiary alicyclic amines) is 1. The molecule has 0 bridgehead atoms. The summed E-state index contributed by atoms with van der Waals surface area (Å²) in [6, 6.07) is 13.6. The van der Waals surface area contributed by atoms with Gasteiger partial charge in [-0.3, -0.25) is 0 Å². The van der Waals surface area contributed by atoms with Crippen LogP contribution in [0.4, 0.5) is 10.5 Å². The zero-order valence-corrected chi connectivity index (χ0v) is 12.1. The van der Waals surface area contributed by atoms with Crippen LogP contribution in [0.2, 0.25) is 0 Å². The van der Waals surface area contributed by atoms with E-state index in [1.165, 1.54) is 0 Å². The summed E-state index contributed by atoms with van der Waals surface area (Å²) in [5.74, 6) is 0.341. The number of hydrogen-bond acceptors (Lipinski definition) is 2. The largest absolute Gasteiger partial charge is 0.394 e. The third-order valence-electron chi connectivity index (χ3n) is 4.36. The van der Waals surface area contributed by atoms with Crippen LogP contribution >= 0.6 is 0 Å². The Bertz CT molecular complexity index is 651. The van der Waals surface area contributed by atoms with Gasteiger partial charge in [-0.1, -0.05) is 43.3 Å². The van der Waals surface area contributed by atoms with E-state index in [4.69, 9.17) is 0 Å². The maximum Gasteiger partial charge on any atom is 0.322 e. The van der Waals surface area contributed by atoms with Gasteiger partial charge in [-0.15, -0.1) is 0 Å². The van der Waals surface area contributed by atoms with Crippen molar-refractivity contribution in [2.45, 2.75) is 19.4 Å². The average Bonchev–Trinajstić information content (AvgIpc) is 2.88. The fraction of sp³-hybridized carbons (Fsp3) is 0.353. The molecular weight excluding hydrogens is 264 g/mol. The molecule has 2 aromatic carbocycles. The molecule has 1 aliphatic heterocycles. The summed E-state index contributed by atoms with van der Waals surface area (Å²) in [6.45, 7) is 2.79. The van der Waals surface area contributed by atoms with Gasteiger partial charge in [0.05, 0.1) is 18.3 Å². The Hall–Kier alpha value is -2.07. The lowest BCUT2D eigenvalue weighted by atomic mass is 10.0. The predicted molar refractivity (Wildman–Crippen MR) is 84.3 cm³/mol. The molecule has 0 saturated carbocycles. The summed E-state index contributed by atoms with van der Waals surface area (Å²) in [4.78, 5) is 14.2. The van der Waals surface area contributed by atoms with Crippen LogP contribution in [0.25, 0.3) is 10.8 Å². The van der Waals surface area contributed by atoms with Crippen molar-refractivity contribution in [1.82, 2.24) is 4.90 Å². The highest BCUT2D eigenvalue weighted by Gasteiger charge is 2.33. The van der Waals surface area contributed by atoms with Crippen molar-refractivity contribution in [2.24, 2.45) is 5.92 Å². The number of benzene rings is 2. The maximum atomic E-state index is 12.5. The molecule has 2 aromatic rings. The monoisotopic (exact) mass is 284 g/mol. The standard InChI is InChI=1S/C17H20N2O2/c1-12-9-10-19(16(12)11-20)17(21)18-15-8-4-6-13-5-2-3-7-14(13)15/h2-8,12,16,20H,9-11H2,1H3,(H,18,21). The Balaban J connectivity index is 1.84. The van der Waals surface area contributed by atoms with E-state index in [0.29, 0.717) is 12.5 Å². The highest BCUT2D eigenvalue weighted by Crippen LogP contribution is 2.27. The molecule has 0 aliphatic carbocycles. The van der Waals surface area contributed by atoms with Crippen molar-refractivity contribution in [2.75, 3.05) is 18.5 Å². The molecule has 4 heteroatoms. The quantitative estimate of drug-likeness (QED) is 0.890. The zero-order valence-electron chi connectivity index (χ0n) is 12.1. The number of nitrogens with one attached hydrogen (secondary N) is 1. The van der Waals surface area contributed by atoms with E-state index >= 15 is 0 Å². The third kappa shape index (κ3) is 2.59. The number of carbonyl (C=O) groups excluding carboxylic acids is 1. The fourth-order valence-electron chi connectivity index (χ4n) is 3.06. The summed E-state index contributed by atoms with van der Waals surface area (Å²) < 4.78 is 0. The average molecular weight is 284 g/mol. The Morgan fingerprint density at radius 2 is 2.05 bits per heavy atom. The molecule has 1 fully saturated rings. The van der Waals surface area contributed by atoms with Gasteiger partial charge in [-0.2, -0.15) is 0 Å². The molecule has 0 aromatic heterocycles. The molecule has 21 heavy (non-hydrogen) atoms. The van der Waals surface area contributed by atoms with Crippen LogP contribution in [-0.4, -0.2) is 35.2 Å². The Kier molecular flexibility index (Phi) is 3.80. The minimum atomic E-state index is -0.130. The lowest BCUT2D eigenvalue weighted by molar-refractivity contribution is 0.152. The van der Waals surface area contributed by atoms with E-state index in [2.05, 4.69) is 12.2 Å². The van der Waals surface area contributed by atoms with E-state index in [9.17, 15) is 9.90 Å². The Labute approximate surface area is 124 Å². The fourth-order valence-corrected chi connectivity index (χ4v) is 3.06. The first kappa shape index (κ1) is 13.9. The van der Waals surface area contributed by atoms with Crippen LogP contribution < -0.4 is 5.32 Å². The number of nitrogens with zero attached hydrogens (tertiary/aromatic N) is 1. The van der Waals surface area contributed by atoms with Crippen LogP contribution in [0.3, 0.4) is 0 Å². The van der Waals surface area contributed by atoms with Crippen LogP contribution in [0.1, 0.15) is 13.3 Å². The van der Waals surface area contributed by atoms with Gasteiger partial charge in [0.15, 0.2) is 0 Å². The third-order valence-corrected chi connectivity index (χ3v) is 4.36. The van der Waals surface area contributed by atoms with E-state index in [1.807, 2.05) is 42.5 Å². The molecule has 2 unspecified atom stereocenters. The number of amides is 2. The van der Waals surface area contributed by atoms with Crippen LogP contribution in [0.15, 0.2) is 42.5 Å². The maximum absolute atomic E-state index is 12.5. The second-order valence-corrected chi connectivity index (χ2v) is 5.67. The van der Waals surface area contributed by atoms with Crippen molar-refractivity contribution in [3.05, 3.63) is 42.5 Å². The first-order valence-corrected chi connectivity index (χ1v) is 7.37. The summed E-state index contributed by atoms with van der Waals surface area (Å²) >= 11 is 0. The predicted octanol–water partition coefficient (Wildman–Crippen LogP) is 3.07. The number of urea groups is 1. The Morgan fingerprint density at radius 1 is 1.29 bits per heavy atom. The van der Waals surface area contributed by atoms with Crippen molar-refractivity contribution in [3.63, 3.8) is 0 Å². The van der Waals surface area contributed by atoms with Crippen LogP contribution in [-0.2, 0) is 0 Å². The number of anilines is 1.